The summed E-state index contributed by atoms with van der Waals surface area (Å²) in [6, 6.07) is 5.98. The molecule has 1 heterocycles. The van der Waals surface area contributed by atoms with Gasteiger partial charge in [0.15, 0.2) is 0 Å². The molecule has 6 heteroatoms. The minimum Gasteiger partial charge on any atom is -0.481 e. The summed E-state index contributed by atoms with van der Waals surface area (Å²) in [5.41, 5.74) is 0.318. The van der Waals surface area contributed by atoms with E-state index in [-0.39, 0.29) is 24.4 Å². The number of aromatic nitrogens is 1. The van der Waals surface area contributed by atoms with Crippen molar-refractivity contribution in [2.45, 2.75) is 26.7 Å². The summed E-state index contributed by atoms with van der Waals surface area (Å²) < 4.78 is 12.9. The Balaban J connectivity index is 2.05. The van der Waals surface area contributed by atoms with Crippen LogP contribution in [0.25, 0.3) is 10.6 Å². The van der Waals surface area contributed by atoms with E-state index in [2.05, 4.69) is 4.98 Å². The van der Waals surface area contributed by atoms with Crippen molar-refractivity contribution < 1.29 is 19.1 Å². The quantitative estimate of drug-likeness (QED) is 0.883. The molecule has 1 aromatic carbocycles. The van der Waals surface area contributed by atoms with Crippen molar-refractivity contribution in [1.82, 2.24) is 4.98 Å². The monoisotopic (exact) mass is 321 g/mol. The lowest BCUT2D eigenvalue weighted by molar-refractivity contribution is -0.149. The van der Waals surface area contributed by atoms with Crippen LogP contribution in [0, 0.1) is 11.2 Å². The summed E-state index contributed by atoms with van der Waals surface area (Å²) in [5.74, 6) is -1.47. The maximum Gasteiger partial charge on any atom is 0.309 e. The van der Waals surface area contributed by atoms with E-state index in [9.17, 15) is 14.0 Å². The second-order valence-electron chi connectivity index (χ2n) is 5.73. The van der Waals surface area contributed by atoms with Gasteiger partial charge in [-0.15, -0.1) is 11.3 Å². The molecule has 0 saturated carbocycles. The average Bonchev–Trinajstić information content (AvgIpc) is 2.87. The molecule has 2 aromatic rings. The molecule has 0 fully saturated rings. The molecule has 0 aliphatic rings. The lowest BCUT2D eigenvalue weighted by atomic mass is 9.86. The molecule has 0 aliphatic carbocycles. The predicted molar refractivity (Wildman–Crippen MR) is 82.3 cm³/mol. The summed E-state index contributed by atoms with van der Waals surface area (Å²) in [5, 5.41) is 11.5. The summed E-state index contributed by atoms with van der Waals surface area (Å²) in [7, 11) is 0. The fourth-order valence-corrected chi connectivity index (χ4v) is 2.77. The number of hydrogen-bond donors (Lipinski definition) is 1. The van der Waals surface area contributed by atoms with E-state index in [4.69, 9.17) is 5.11 Å². The van der Waals surface area contributed by atoms with Gasteiger partial charge in [-0.1, -0.05) is 0 Å². The molecule has 1 N–H and O–H groups in total. The van der Waals surface area contributed by atoms with Crippen LogP contribution in [0.5, 0.6) is 0 Å². The van der Waals surface area contributed by atoms with Crippen LogP contribution in [0.2, 0.25) is 0 Å². The van der Waals surface area contributed by atoms with Crippen molar-refractivity contribution in [2.75, 3.05) is 0 Å². The van der Waals surface area contributed by atoms with Gasteiger partial charge in [-0.25, -0.2) is 9.37 Å². The Morgan fingerprint density at radius 2 is 1.91 bits per heavy atom. The standard InChI is InChI=1S/C16H16FNO3S/c1-16(2,15(20)21)8-13(19)7-12-9-22-14(18-12)10-3-5-11(17)6-4-10/h3-6,9H,7-8H2,1-2H3,(H,20,21). The van der Waals surface area contributed by atoms with E-state index in [1.165, 1.54) is 37.3 Å². The highest BCUT2D eigenvalue weighted by molar-refractivity contribution is 7.13. The molecular weight excluding hydrogens is 305 g/mol. The summed E-state index contributed by atoms with van der Waals surface area (Å²) in [4.78, 5) is 27.4. The molecule has 0 saturated heterocycles. The zero-order valence-electron chi connectivity index (χ0n) is 12.3. The number of benzene rings is 1. The molecule has 0 amide bonds. The lowest BCUT2D eigenvalue weighted by Gasteiger charge is -2.17. The van der Waals surface area contributed by atoms with Gasteiger partial charge in [0, 0.05) is 23.8 Å². The van der Waals surface area contributed by atoms with Gasteiger partial charge in [0.1, 0.15) is 16.6 Å². The molecule has 0 radical (unpaired) electrons. The van der Waals surface area contributed by atoms with Crippen molar-refractivity contribution >= 4 is 23.1 Å². The maximum atomic E-state index is 12.9. The van der Waals surface area contributed by atoms with Gasteiger partial charge in [-0.05, 0) is 38.1 Å². The molecule has 0 aliphatic heterocycles. The number of halogens is 1. The Kier molecular flexibility index (Phi) is 4.71. The van der Waals surface area contributed by atoms with Crippen LogP contribution in [-0.4, -0.2) is 21.8 Å². The summed E-state index contributed by atoms with van der Waals surface area (Å²) in [6.45, 7) is 3.05. The molecule has 116 valence electrons. The first-order chi connectivity index (χ1) is 10.3. The van der Waals surface area contributed by atoms with E-state index < -0.39 is 11.4 Å². The first kappa shape index (κ1) is 16.3. The largest absolute Gasteiger partial charge is 0.481 e. The molecule has 0 unspecified atom stereocenters. The Labute approximate surface area is 131 Å². The van der Waals surface area contributed by atoms with E-state index in [0.717, 1.165) is 5.56 Å². The van der Waals surface area contributed by atoms with E-state index in [1.807, 2.05) is 0 Å². The van der Waals surface area contributed by atoms with Crippen molar-refractivity contribution in [2.24, 2.45) is 5.41 Å². The Morgan fingerprint density at radius 3 is 2.50 bits per heavy atom. The normalized spacial score (nSPS) is 11.4. The molecule has 0 bridgehead atoms. The van der Waals surface area contributed by atoms with Crippen molar-refractivity contribution in [1.29, 1.82) is 0 Å². The number of nitrogens with zero attached hydrogens (tertiary/aromatic N) is 1. The zero-order valence-corrected chi connectivity index (χ0v) is 13.1. The van der Waals surface area contributed by atoms with Gasteiger partial charge in [0.05, 0.1) is 11.1 Å². The number of hydrogen-bond acceptors (Lipinski definition) is 4. The minimum absolute atomic E-state index is 0.0360. The van der Waals surface area contributed by atoms with Gasteiger partial charge >= 0.3 is 5.97 Å². The zero-order chi connectivity index (χ0) is 16.3. The molecular formula is C16H16FNO3S. The number of carbonyl (C=O) groups excluding carboxylic acids is 1. The van der Waals surface area contributed by atoms with E-state index >= 15 is 0 Å². The van der Waals surface area contributed by atoms with Crippen LogP contribution in [0.3, 0.4) is 0 Å². The predicted octanol–water partition coefficient (Wildman–Crippen LogP) is 3.56. The minimum atomic E-state index is -1.08. The molecule has 4 nitrogen and oxygen atoms in total. The summed E-state index contributed by atoms with van der Waals surface area (Å²) in [6.07, 6.45) is 0.0696. The molecule has 2 rings (SSSR count). The highest BCUT2D eigenvalue weighted by Crippen LogP contribution is 2.26. The van der Waals surface area contributed by atoms with Gasteiger partial charge in [0.25, 0.3) is 0 Å². The molecule has 0 spiro atoms. The second kappa shape index (κ2) is 6.36. The third kappa shape index (κ3) is 3.98. The number of thiazole rings is 1. The second-order valence-corrected chi connectivity index (χ2v) is 6.59. The van der Waals surface area contributed by atoms with Crippen molar-refractivity contribution in [3.8, 4) is 10.6 Å². The third-order valence-corrected chi connectivity index (χ3v) is 4.18. The topological polar surface area (TPSA) is 67.3 Å². The lowest BCUT2D eigenvalue weighted by Crippen LogP contribution is -2.27. The number of ketones is 1. The van der Waals surface area contributed by atoms with E-state index in [1.54, 1.807) is 17.5 Å². The van der Waals surface area contributed by atoms with Crippen LogP contribution >= 0.6 is 11.3 Å². The number of carboxylic acids is 1. The van der Waals surface area contributed by atoms with Gasteiger partial charge in [-0.2, -0.15) is 0 Å². The average molecular weight is 321 g/mol. The van der Waals surface area contributed by atoms with E-state index in [0.29, 0.717) is 10.7 Å². The highest BCUT2D eigenvalue weighted by atomic mass is 32.1. The van der Waals surface area contributed by atoms with Crippen LogP contribution in [-0.2, 0) is 16.0 Å². The van der Waals surface area contributed by atoms with Crippen LogP contribution in [0.15, 0.2) is 29.6 Å². The van der Waals surface area contributed by atoms with Crippen molar-refractivity contribution in [3.05, 3.63) is 41.2 Å². The van der Waals surface area contributed by atoms with Gasteiger partial charge in [-0.3, -0.25) is 9.59 Å². The number of carbonyl (C=O) groups is 2. The Hall–Kier alpha value is -2.08. The van der Waals surface area contributed by atoms with Crippen LogP contribution in [0.4, 0.5) is 4.39 Å². The molecule has 1 aromatic heterocycles. The van der Waals surface area contributed by atoms with Gasteiger partial charge < -0.3 is 5.11 Å². The maximum absolute atomic E-state index is 12.9. The molecule has 22 heavy (non-hydrogen) atoms. The highest BCUT2D eigenvalue weighted by Gasteiger charge is 2.30. The summed E-state index contributed by atoms with van der Waals surface area (Å²) >= 11 is 1.37. The number of carboxylic acid groups (broad SMARTS) is 1. The fourth-order valence-electron chi connectivity index (χ4n) is 1.95. The van der Waals surface area contributed by atoms with Crippen LogP contribution in [0.1, 0.15) is 26.0 Å². The third-order valence-electron chi connectivity index (χ3n) is 3.24. The first-order valence-electron chi connectivity index (χ1n) is 6.73. The number of rotatable bonds is 6. The van der Waals surface area contributed by atoms with Crippen molar-refractivity contribution in [3.63, 3.8) is 0 Å². The number of Topliss-reactive ketones (excluding diaryl/α,β-unsaturated/α-hetero) is 1. The van der Waals surface area contributed by atoms with Crippen LogP contribution < -0.4 is 0 Å². The Bertz CT molecular complexity index is 692. The Morgan fingerprint density at radius 1 is 1.27 bits per heavy atom. The fraction of sp³-hybridized carbons (Fsp3) is 0.312. The van der Waals surface area contributed by atoms with Gasteiger partial charge in [0.2, 0.25) is 0 Å². The first-order valence-corrected chi connectivity index (χ1v) is 7.61. The number of aliphatic carboxylic acids is 1. The smallest absolute Gasteiger partial charge is 0.309 e. The SMILES string of the molecule is CC(C)(CC(=O)Cc1csc(-c2ccc(F)cc2)n1)C(=O)O. The molecule has 0 atom stereocenters.